The molecule has 1 aromatic rings. The fourth-order valence-electron chi connectivity index (χ4n) is 1.93. The van der Waals surface area contributed by atoms with Gasteiger partial charge in [0.2, 0.25) is 17.5 Å². The maximum Gasteiger partial charge on any atom is 0.238 e. The molecule has 1 unspecified atom stereocenters. The first-order valence-corrected chi connectivity index (χ1v) is 7.25. The Hall–Kier alpha value is -1.24. The van der Waals surface area contributed by atoms with Gasteiger partial charge in [-0.3, -0.25) is 4.79 Å². The fraction of sp³-hybridized carbons (Fsp3) is 0.700. The second-order valence-corrected chi connectivity index (χ2v) is 6.66. The van der Waals surface area contributed by atoms with Gasteiger partial charge < -0.3 is 4.52 Å². The van der Waals surface area contributed by atoms with E-state index < -0.39 is 15.1 Å². The van der Waals surface area contributed by atoms with Gasteiger partial charge in [0.25, 0.3) is 0 Å². The summed E-state index contributed by atoms with van der Waals surface area (Å²) in [4.78, 5) is 14.9. The molecule has 1 aliphatic heterocycles. The molecule has 94 valence electrons. The van der Waals surface area contributed by atoms with E-state index in [4.69, 9.17) is 4.52 Å². The quantitative estimate of drug-likeness (QED) is 0.744. The van der Waals surface area contributed by atoms with Crippen LogP contribution in [0.2, 0.25) is 0 Å². The van der Waals surface area contributed by atoms with Gasteiger partial charge in [-0.1, -0.05) is 11.6 Å². The molecule has 0 aliphatic carbocycles. The van der Waals surface area contributed by atoms with Crippen molar-refractivity contribution in [3.8, 4) is 0 Å². The van der Waals surface area contributed by atoms with Crippen LogP contribution in [0.15, 0.2) is 4.52 Å². The van der Waals surface area contributed by atoms with Gasteiger partial charge in [-0.05, 0) is 12.8 Å². The molecular weight excluding hydrogens is 244 g/mol. The molecule has 7 heteroatoms. The number of Topliss-reactive ketones (excluding diaryl/α,β-unsaturated/α-hetero) is 1. The summed E-state index contributed by atoms with van der Waals surface area (Å²) in [5.41, 5.74) is 0. The largest absolute Gasteiger partial charge is 0.339 e. The van der Waals surface area contributed by atoms with Crippen molar-refractivity contribution in [2.75, 3.05) is 5.75 Å². The molecule has 1 aromatic heterocycles. The van der Waals surface area contributed by atoms with Crippen LogP contribution in [0.25, 0.3) is 0 Å². The van der Waals surface area contributed by atoms with Crippen molar-refractivity contribution in [2.45, 2.75) is 37.9 Å². The van der Waals surface area contributed by atoms with Crippen LogP contribution < -0.4 is 0 Å². The summed E-state index contributed by atoms with van der Waals surface area (Å²) in [6.07, 6.45) is 2.46. The Morgan fingerprint density at radius 1 is 1.47 bits per heavy atom. The van der Waals surface area contributed by atoms with Gasteiger partial charge in [-0.2, -0.15) is 4.98 Å². The van der Waals surface area contributed by atoms with Crippen LogP contribution in [0.1, 0.15) is 42.7 Å². The van der Waals surface area contributed by atoms with E-state index in [1.54, 1.807) is 0 Å². The molecular formula is C10H14N2O4S. The van der Waals surface area contributed by atoms with E-state index in [-0.39, 0.29) is 29.7 Å². The molecule has 2 heterocycles. The lowest BCUT2D eigenvalue weighted by molar-refractivity contribution is 0.100. The second kappa shape index (κ2) is 4.56. The van der Waals surface area contributed by atoms with Crippen molar-refractivity contribution in [3.05, 3.63) is 11.7 Å². The zero-order valence-electron chi connectivity index (χ0n) is 9.55. The number of carbonyl (C=O) groups is 1. The number of nitrogens with zero attached hydrogens (tertiary/aromatic N) is 2. The molecule has 0 amide bonds. The Morgan fingerprint density at radius 3 is 2.82 bits per heavy atom. The highest BCUT2D eigenvalue weighted by atomic mass is 32.2. The van der Waals surface area contributed by atoms with Gasteiger partial charge in [-0.25, -0.2) is 8.42 Å². The standard InChI is InChI=1S/C10H14N2O4S/c1-7(13)10-11-9(16-12-10)6-8-4-2-3-5-17(8,14)15/h8H,2-6H2,1H3. The van der Waals surface area contributed by atoms with Crippen molar-refractivity contribution in [1.82, 2.24) is 10.1 Å². The average molecular weight is 258 g/mol. The molecule has 1 fully saturated rings. The van der Waals surface area contributed by atoms with Gasteiger partial charge in [0.05, 0.1) is 11.0 Å². The molecule has 6 nitrogen and oxygen atoms in total. The lowest BCUT2D eigenvalue weighted by Crippen LogP contribution is -2.30. The average Bonchev–Trinajstić information content (AvgIpc) is 2.70. The number of hydrogen-bond acceptors (Lipinski definition) is 6. The van der Waals surface area contributed by atoms with Crippen LogP contribution in [-0.4, -0.2) is 35.3 Å². The minimum absolute atomic E-state index is 0.00760. The van der Waals surface area contributed by atoms with Crippen LogP contribution in [0.4, 0.5) is 0 Å². The normalized spacial score (nSPS) is 23.5. The monoisotopic (exact) mass is 258 g/mol. The summed E-state index contributed by atoms with van der Waals surface area (Å²) in [5.74, 6) is 0.177. The summed E-state index contributed by atoms with van der Waals surface area (Å²) >= 11 is 0. The Labute approximate surface area is 99.3 Å². The summed E-state index contributed by atoms with van der Waals surface area (Å²) in [6, 6.07) is 0. The molecule has 0 radical (unpaired) electrons. The minimum atomic E-state index is -3.05. The predicted octanol–water partition coefficient (Wildman–Crippen LogP) is 0.782. The molecule has 1 saturated heterocycles. The molecule has 1 aliphatic rings. The number of hydrogen-bond donors (Lipinski definition) is 0. The van der Waals surface area contributed by atoms with Crippen molar-refractivity contribution in [3.63, 3.8) is 0 Å². The fourth-order valence-corrected chi connectivity index (χ4v) is 3.79. The zero-order valence-corrected chi connectivity index (χ0v) is 10.4. The van der Waals surface area contributed by atoms with Crippen LogP contribution >= 0.6 is 0 Å². The van der Waals surface area contributed by atoms with E-state index in [1.165, 1.54) is 6.92 Å². The molecule has 0 N–H and O–H groups in total. The van der Waals surface area contributed by atoms with E-state index in [1.807, 2.05) is 0 Å². The summed E-state index contributed by atoms with van der Waals surface area (Å²) in [5, 5.41) is 3.05. The molecule has 0 spiro atoms. The van der Waals surface area contributed by atoms with Crippen LogP contribution in [-0.2, 0) is 16.3 Å². The summed E-state index contributed by atoms with van der Waals surface area (Å²) in [7, 11) is -3.05. The van der Waals surface area contributed by atoms with Gasteiger partial charge in [0.15, 0.2) is 9.84 Å². The van der Waals surface area contributed by atoms with Crippen LogP contribution in [0, 0.1) is 0 Å². The highest BCUT2D eigenvalue weighted by molar-refractivity contribution is 7.92. The summed E-state index contributed by atoms with van der Waals surface area (Å²) in [6.45, 7) is 1.34. The van der Waals surface area contributed by atoms with Crippen molar-refractivity contribution in [1.29, 1.82) is 0 Å². The maximum atomic E-state index is 11.8. The first-order valence-electron chi connectivity index (χ1n) is 5.54. The minimum Gasteiger partial charge on any atom is -0.339 e. The van der Waals surface area contributed by atoms with Crippen molar-refractivity contribution in [2.24, 2.45) is 0 Å². The topological polar surface area (TPSA) is 90.1 Å². The van der Waals surface area contributed by atoms with E-state index >= 15 is 0 Å². The number of rotatable bonds is 3. The third-order valence-electron chi connectivity index (χ3n) is 2.90. The lowest BCUT2D eigenvalue weighted by Gasteiger charge is -2.20. The van der Waals surface area contributed by atoms with Gasteiger partial charge in [0.1, 0.15) is 0 Å². The Morgan fingerprint density at radius 2 is 2.24 bits per heavy atom. The van der Waals surface area contributed by atoms with Gasteiger partial charge in [0, 0.05) is 13.3 Å². The number of ketones is 1. The molecule has 2 rings (SSSR count). The SMILES string of the molecule is CC(=O)c1noc(CC2CCCCS2(=O)=O)n1. The maximum absolute atomic E-state index is 11.8. The van der Waals surface area contributed by atoms with Crippen LogP contribution in [0.5, 0.6) is 0 Å². The van der Waals surface area contributed by atoms with Crippen LogP contribution in [0.3, 0.4) is 0 Å². The molecule has 0 saturated carbocycles. The van der Waals surface area contributed by atoms with E-state index in [2.05, 4.69) is 10.1 Å². The second-order valence-electron chi connectivity index (χ2n) is 4.26. The number of carbonyl (C=O) groups excluding carboxylic acids is 1. The third kappa shape index (κ3) is 2.71. The van der Waals surface area contributed by atoms with Crippen molar-refractivity contribution < 1.29 is 17.7 Å². The molecule has 0 aromatic carbocycles. The van der Waals surface area contributed by atoms with E-state index in [0.717, 1.165) is 12.8 Å². The summed E-state index contributed by atoms with van der Waals surface area (Å²) < 4.78 is 28.4. The first-order chi connectivity index (χ1) is 7.99. The van der Waals surface area contributed by atoms with E-state index in [9.17, 15) is 13.2 Å². The Balaban J connectivity index is 2.11. The first kappa shape index (κ1) is 12.2. The number of sulfone groups is 1. The highest BCUT2D eigenvalue weighted by Crippen LogP contribution is 2.22. The molecule has 1 atom stereocenters. The Kier molecular flexibility index (Phi) is 3.28. The van der Waals surface area contributed by atoms with Crippen molar-refractivity contribution >= 4 is 15.6 Å². The van der Waals surface area contributed by atoms with Gasteiger partial charge in [-0.15, -0.1) is 0 Å². The Bertz CT molecular complexity index is 520. The predicted molar refractivity (Wildman–Crippen MR) is 59.4 cm³/mol. The molecule has 17 heavy (non-hydrogen) atoms. The highest BCUT2D eigenvalue weighted by Gasteiger charge is 2.30. The number of aromatic nitrogens is 2. The smallest absolute Gasteiger partial charge is 0.238 e. The van der Waals surface area contributed by atoms with E-state index in [0.29, 0.717) is 6.42 Å². The lowest BCUT2D eigenvalue weighted by atomic mass is 10.1. The molecule has 0 bridgehead atoms. The zero-order chi connectivity index (χ0) is 12.5. The van der Waals surface area contributed by atoms with Gasteiger partial charge >= 0.3 is 0 Å². The third-order valence-corrected chi connectivity index (χ3v) is 5.17.